The predicted octanol–water partition coefficient (Wildman–Crippen LogP) is 1.57. The zero-order valence-corrected chi connectivity index (χ0v) is 11.4. The Morgan fingerprint density at radius 2 is 2.19 bits per heavy atom. The number of rotatable bonds is 3. The lowest BCUT2D eigenvalue weighted by atomic mass is 10.2. The van der Waals surface area contributed by atoms with Crippen LogP contribution < -0.4 is 5.73 Å². The van der Waals surface area contributed by atoms with E-state index < -0.39 is 5.97 Å². The minimum atomic E-state index is -0.561. The van der Waals surface area contributed by atoms with E-state index in [2.05, 4.69) is 15.1 Å². The Hall–Kier alpha value is -2.96. The standard InChI is InChI=1S/C14H13N5O2/c1-2-21-13(20)12-10(15)8-19(18-12)14-16-7-9-5-3-4-6-11(9)17-14/h3-8H,2,15H2,1H3. The first-order valence-electron chi connectivity index (χ1n) is 6.43. The fourth-order valence-electron chi connectivity index (χ4n) is 1.92. The zero-order chi connectivity index (χ0) is 14.8. The van der Waals surface area contributed by atoms with Crippen molar-refractivity contribution < 1.29 is 9.53 Å². The summed E-state index contributed by atoms with van der Waals surface area (Å²) in [7, 11) is 0. The topological polar surface area (TPSA) is 95.9 Å². The fourth-order valence-corrected chi connectivity index (χ4v) is 1.92. The van der Waals surface area contributed by atoms with E-state index >= 15 is 0 Å². The highest BCUT2D eigenvalue weighted by Gasteiger charge is 2.17. The first kappa shape index (κ1) is 13.0. The summed E-state index contributed by atoms with van der Waals surface area (Å²) in [4.78, 5) is 20.3. The maximum Gasteiger partial charge on any atom is 0.361 e. The molecule has 2 N–H and O–H groups in total. The van der Waals surface area contributed by atoms with Gasteiger partial charge in [-0.25, -0.2) is 19.4 Å². The monoisotopic (exact) mass is 283 g/mol. The van der Waals surface area contributed by atoms with Crippen molar-refractivity contribution >= 4 is 22.6 Å². The molecule has 0 radical (unpaired) electrons. The van der Waals surface area contributed by atoms with E-state index in [1.165, 1.54) is 10.9 Å². The molecular formula is C14H13N5O2. The van der Waals surface area contributed by atoms with Crippen molar-refractivity contribution in [3.05, 3.63) is 42.4 Å². The number of esters is 1. The highest BCUT2D eigenvalue weighted by Crippen LogP contribution is 2.15. The molecule has 7 heteroatoms. The van der Waals surface area contributed by atoms with Crippen molar-refractivity contribution in [3.63, 3.8) is 0 Å². The molecule has 0 bridgehead atoms. The second-order valence-electron chi connectivity index (χ2n) is 4.33. The highest BCUT2D eigenvalue weighted by molar-refractivity contribution is 5.92. The molecular weight excluding hydrogens is 270 g/mol. The Morgan fingerprint density at radius 1 is 1.38 bits per heavy atom. The lowest BCUT2D eigenvalue weighted by Gasteiger charge is -2.01. The Morgan fingerprint density at radius 3 is 3.00 bits per heavy atom. The fraction of sp³-hybridized carbons (Fsp3) is 0.143. The molecule has 0 unspecified atom stereocenters. The van der Waals surface area contributed by atoms with Gasteiger partial charge in [-0.05, 0) is 13.0 Å². The number of nitrogen functional groups attached to an aromatic ring is 1. The van der Waals surface area contributed by atoms with Gasteiger partial charge in [-0.2, -0.15) is 5.10 Å². The molecule has 0 aliphatic rings. The number of carbonyl (C=O) groups excluding carboxylic acids is 1. The molecule has 0 atom stereocenters. The van der Waals surface area contributed by atoms with Gasteiger partial charge in [0, 0.05) is 11.6 Å². The normalized spacial score (nSPS) is 10.7. The largest absolute Gasteiger partial charge is 0.461 e. The molecule has 0 saturated heterocycles. The molecule has 0 spiro atoms. The summed E-state index contributed by atoms with van der Waals surface area (Å²) in [5, 5.41) is 5.02. The van der Waals surface area contributed by atoms with Crippen molar-refractivity contribution in [2.75, 3.05) is 12.3 Å². The van der Waals surface area contributed by atoms with E-state index in [1.54, 1.807) is 13.1 Å². The van der Waals surface area contributed by atoms with E-state index in [-0.39, 0.29) is 18.0 Å². The lowest BCUT2D eigenvalue weighted by molar-refractivity contribution is 0.0520. The summed E-state index contributed by atoms with van der Waals surface area (Å²) in [5.74, 6) is -0.217. The Kier molecular flexibility index (Phi) is 3.23. The molecule has 2 heterocycles. The van der Waals surface area contributed by atoms with Gasteiger partial charge in [-0.3, -0.25) is 0 Å². The summed E-state index contributed by atoms with van der Waals surface area (Å²) in [6, 6.07) is 7.59. The third kappa shape index (κ3) is 2.40. The number of benzene rings is 1. The number of fused-ring (bicyclic) bond motifs is 1. The van der Waals surface area contributed by atoms with E-state index in [4.69, 9.17) is 10.5 Å². The van der Waals surface area contributed by atoms with Crippen molar-refractivity contribution in [1.82, 2.24) is 19.7 Å². The Bertz CT molecular complexity index is 812. The van der Waals surface area contributed by atoms with Crippen molar-refractivity contribution in [2.24, 2.45) is 0 Å². The van der Waals surface area contributed by atoms with Gasteiger partial charge in [0.05, 0.1) is 24.0 Å². The molecule has 3 rings (SSSR count). The summed E-state index contributed by atoms with van der Waals surface area (Å²) >= 11 is 0. The van der Waals surface area contributed by atoms with Crippen LogP contribution >= 0.6 is 0 Å². The van der Waals surface area contributed by atoms with Crippen molar-refractivity contribution in [3.8, 4) is 5.95 Å². The second-order valence-corrected chi connectivity index (χ2v) is 4.33. The molecule has 0 aliphatic heterocycles. The maximum atomic E-state index is 11.7. The van der Waals surface area contributed by atoms with Crippen LogP contribution in [0.5, 0.6) is 0 Å². The SMILES string of the molecule is CCOC(=O)c1nn(-c2ncc3ccccc3n2)cc1N. The maximum absolute atomic E-state index is 11.7. The van der Waals surface area contributed by atoms with Crippen molar-refractivity contribution in [2.45, 2.75) is 6.92 Å². The molecule has 7 nitrogen and oxygen atoms in total. The third-order valence-corrected chi connectivity index (χ3v) is 2.89. The summed E-state index contributed by atoms with van der Waals surface area (Å²) in [6.45, 7) is 1.98. The van der Waals surface area contributed by atoms with E-state index in [0.717, 1.165) is 10.9 Å². The molecule has 0 fully saturated rings. The molecule has 3 aromatic rings. The molecule has 0 aliphatic carbocycles. The first-order valence-corrected chi connectivity index (χ1v) is 6.43. The predicted molar refractivity (Wildman–Crippen MR) is 77.0 cm³/mol. The van der Waals surface area contributed by atoms with E-state index in [1.807, 2.05) is 24.3 Å². The number of hydrogen-bond donors (Lipinski definition) is 1. The number of carbonyl (C=O) groups is 1. The quantitative estimate of drug-likeness (QED) is 0.733. The number of hydrogen-bond acceptors (Lipinski definition) is 6. The summed E-state index contributed by atoms with van der Waals surface area (Å²) in [6.07, 6.45) is 3.19. The number of aromatic nitrogens is 4. The highest BCUT2D eigenvalue weighted by atomic mass is 16.5. The third-order valence-electron chi connectivity index (χ3n) is 2.89. The van der Waals surface area contributed by atoms with Gasteiger partial charge in [0.1, 0.15) is 0 Å². The summed E-state index contributed by atoms with van der Waals surface area (Å²) in [5.41, 5.74) is 6.86. The van der Waals surface area contributed by atoms with Crippen LogP contribution in [0.4, 0.5) is 5.69 Å². The summed E-state index contributed by atoms with van der Waals surface area (Å²) < 4.78 is 6.26. The lowest BCUT2D eigenvalue weighted by Crippen LogP contribution is -2.09. The van der Waals surface area contributed by atoms with Gasteiger partial charge < -0.3 is 10.5 Å². The number of anilines is 1. The van der Waals surface area contributed by atoms with Crippen LogP contribution in [0, 0.1) is 0 Å². The number of nitrogens with two attached hydrogens (primary N) is 1. The number of nitrogens with zero attached hydrogens (tertiary/aromatic N) is 4. The van der Waals surface area contributed by atoms with E-state index in [0.29, 0.717) is 5.95 Å². The van der Waals surface area contributed by atoms with Gasteiger partial charge in [-0.1, -0.05) is 18.2 Å². The number of para-hydroxylation sites is 1. The Labute approximate surface area is 120 Å². The minimum absolute atomic E-state index is 0.0635. The van der Waals surface area contributed by atoms with Crippen LogP contribution in [-0.2, 0) is 4.74 Å². The van der Waals surface area contributed by atoms with Crippen LogP contribution in [-0.4, -0.2) is 32.3 Å². The average molecular weight is 283 g/mol. The molecule has 106 valence electrons. The van der Waals surface area contributed by atoms with Crippen molar-refractivity contribution in [1.29, 1.82) is 0 Å². The first-order chi connectivity index (χ1) is 10.2. The minimum Gasteiger partial charge on any atom is -0.461 e. The van der Waals surface area contributed by atoms with Gasteiger partial charge in [-0.15, -0.1) is 0 Å². The van der Waals surface area contributed by atoms with Crippen LogP contribution in [0.15, 0.2) is 36.7 Å². The van der Waals surface area contributed by atoms with Gasteiger partial charge >= 0.3 is 5.97 Å². The number of ether oxygens (including phenoxy) is 1. The van der Waals surface area contributed by atoms with Gasteiger partial charge in [0.15, 0.2) is 5.69 Å². The van der Waals surface area contributed by atoms with Crippen LogP contribution in [0.25, 0.3) is 16.9 Å². The van der Waals surface area contributed by atoms with Gasteiger partial charge in [0.2, 0.25) is 0 Å². The van der Waals surface area contributed by atoms with Crippen LogP contribution in [0.1, 0.15) is 17.4 Å². The van der Waals surface area contributed by atoms with Crippen LogP contribution in [0.3, 0.4) is 0 Å². The Balaban J connectivity index is 2.02. The molecule has 2 aromatic heterocycles. The van der Waals surface area contributed by atoms with E-state index in [9.17, 15) is 4.79 Å². The average Bonchev–Trinajstić information content (AvgIpc) is 2.89. The zero-order valence-electron chi connectivity index (χ0n) is 11.4. The van der Waals surface area contributed by atoms with Crippen LogP contribution in [0.2, 0.25) is 0 Å². The second kappa shape index (κ2) is 5.20. The smallest absolute Gasteiger partial charge is 0.361 e. The molecule has 1 aromatic carbocycles. The van der Waals surface area contributed by atoms with Gasteiger partial charge in [0.25, 0.3) is 5.95 Å². The molecule has 0 amide bonds. The molecule has 21 heavy (non-hydrogen) atoms. The molecule has 0 saturated carbocycles.